The van der Waals surface area contributed by atoms with E-state index in [0.29, 0.717) is 5.56 Å². The van der Waals surface area contributed by atoms with Crippen LogP contribution in [0.5, 0.6) is 0 Å². The van der Waals surface area contributed by atoms with E-state index in [9.17, 15) is 16.8 Å². The molecule has 0 unspecified atom stereocenters. The van der Waals surface area contributed by atoms with Crippen molar-refractivity contribution in [1.82, 2.24) is 0 Å². The number of hydrogen-bond donors (Lipinski definition) is 0. The van der Waals surface area contributed by atoms with Crippen LogP contribution < -0.4 is 0 Å². The monoisotopic (exact) mass is 454 g/mol. The van der Waals surface area contributed by atoms with Crippen molar-refractivity contribution in [3.05, 3.63) is 33.4 Å². The average molecular weight is 454 g/mol. The van der Waals surface area contributed by atoms with Crippen molar-refractivity contribution in [3.8, 4) is 0 Å². The van der Waals surface area contributed by atoms with Crippen molar-refractivity contribution >= 4 is 42.3 Å². The normalized spacial score (nSPS) is 30.9. The summed E-state index contributed by atoms with van der Waals surface area (Å²) in [6, 6.07) is 6.69. The maximum absolute atomic E-state index is 12.9. The molecule has 4 nitrogen and oxygen atoms in total. The highest BCUT2D eigenvalue weighted by molar-refractivity contribution is 14.1. The Bertz CT molecular complexity index is 736. The minimum absolute atomic E-state index is 0.0990. The standard InChI is InChI=1S/C15H21IO4S2/c1-14(2,3)12-9-21(17,18)15(4,22(19,20)10-12)11-5-7-13(16)8-6-11/h5-8,12H,9-10H2,1-4H3/i16-2. The smallest absolute Gasteiger partial charge is 0.195 e. The third-order valence-corrected chi connectivity index (χ3v) is 11.4. The first-order valence-electron chi connectivity index (χ1n) is 7.02. The summed E-state index contributed by atoms with van der Waals surface area (Å²) in [5.74, 6) is -0.587. The second-order valence-electron chi connectivity index (χ2n) is 7.08. The quantitative estimate of drug-likeness (QED) is 0.612. The number of rotatable bonds is 1. The fourth-order valence-corrected chi connectivity index (χ4v) is 9.09. The summed E-state index contributed by atoms with van der Waals surface area (Å²) in [7, 11) is -7.64. The average Bonchev–Trinajstić information content (AvgIpc) is 2.34. The Labute approximate surface area is 146 Å². The Morgan fingerprint density at radius 3 is 1.77 bits per heavy atom. The van der Waals surface area contributed by atoms with Crippen LogP contribution in [0, 0.1) is 14.9 Å². The number of sulfone groups is 2. The molecule has 0 bridgehead atoms. The molecular formula is C15H21IO4S2. The molecule has 1 aliphatic rings. The molecule has 1 aromatic carbocycles. The van der Waals surface area contributed by atoms with E-state index >= 15 is 0 Å². The lowest BCUT2D eigenvalue weighted by molar-refractivity contribution is 0.282. The zero-order valence-electron chi connectivity index (χ0n) is 13.1. The Kier molecular flexibility index (Phi) is 4.50. The summed E-state index contributed by atoms with van der Waals surface area (Å²) >= 11 is 2.10. The van der Waals surface area contributed by atoms with Crippen LogP contribution in [0.2, 0.25) is 0 Å². The van der Waals surface area contributed by atoms with Crippen molar-refractivity contribution in [1.29, 1.82) is 0 Å². The second kappa shape index (κ2) is 5.44. The molecule has 124 valence electrons. The molecule has 0 spiro atoms. The highest BCUT2D eigenvalue weighted by atomic mass is 125. The van der Waals surface area contributed by atoms with Crippen LogP contribution in [0.25, 0.3) is 0 Å². The summed E-state index contributed by atoms with van der Waals surface area (Å²) in [5, 5.41) is 0. The Hall–Kier alpha value is -0.150. The van der Waals surface area contributed by atoms with Gasteiger partial charge in [0.2, 0.25) is 0 Å². The van der Waals surface area contributed by atoms with E-state index in [1.54, 1.807) is 24.3 Å². The van der Waals surface area contributed by atoms with E-state index in [0.717, 1.165) is 3.57 Å². The van der Waals surface area contributed by atoms with Crippen molar-refractivity contribution < 1.29 is 16.8 Å². The van der Waals surface area contributed by atoms with Gasteiger partial charge < -0.3 is 0 Å². The molecule has 22 heavy (non-hydrogen) atoms. The summed E-state index contributed by atoms with van der Waals surface area (Å²) < 4.78 is 50.6. The van der Waals surface area contributed by atoms with Crippen molar-refractivity contribution in [3.63, 3.8) is 0 Å². The van der Waals surface area contributed by atoms with Crippen LogP contribution in [0.1, 0.15) is 33.3 Å². The van der Waals surface area contributed by atoms with Crippen LogP contribution in [0.4, 0.5) is 0 Å². The highest BCUT2D eigenvalue weighted by Crippen LogP contribution is 2.46. The van der Waals surface area contributed by atoms with E-state index in [1.165, 1.54) is 6.92 Å². The van der Waals surface area contributed by atoms with Crippen molar-refractivity contribution in [2.24, 2.45) is 11.3 Å². The molecule has 0 atom stereocenters. The Balaban J connectivity index is 2.64. The second-order valence-corrected chi connectivity index (χ2v) is 13.3. The minimum atomic E-state index is -3.82. The molecule has 1 aliphatic heterocycles. The lowest BCUT2D eigenvalue weighted by atomic mass is 9.83. The highest BCUT2D eigenvalue weighted by Gasteiger charge is 2.58. The van der Waals surface area contributed by atoms with Gasteiger partial charge in [0.25, 0.3) is 0 Å². The molecule has 1 heterocycles. The van der Waals surface area contributed by atoms with Crippen LogP contribution in [0.3, 0.4) is 0 Å². The van der Waals surface area contributed by atoms with Crippen molar-refractivity contribution in [2.75, 3.05) is 11.5 Å². The van der Waals surface area contributed by atoms with E-state index < -0.39 is 23.8 Å². The Morgan fingerprint density at radius 2 is 1.41 bits per heavy atom. The third kappa shape index (κ3) is 2.84. The molecule has 0 radical (unpaired) electrons. The van der Waals surface area contributed by atoms with Crippen molar-refractivity contribution in [2.45, 2.75) is 31.8 Å². The Morgan fingerprint density at radius 1 is 1.00 bits per heavy atom. The fourth-order valence-electron chi connectivity index (χ4n) is 2.70. The largest absolute Gasteiger partial charge is 0.227 e. The van der Waals surface area contributed by atoms with Gasteiger partial charge in [-0.25, -0.2) is 16.8 Å². The zero-order valence-corrected chi connectivity index (χ0v) is 16.9. The number of hydrogen-bond acceptors (Lipinski definition) is 4. The number of benzene rings is 1. The first-order valence-corrected chi connectivity index (χ1v) is 11.4. The van der Waals surface area contributed by atoms with Crippen LogP contribution >= 0.6 is 22.6 Å². The maximum Gasteiger partial charge on any atom is 0.195 e. The molecule has 1 fully saturated rings. The molecule has 1 aromatic rings. The van der Waals surface area contributed by atoms with Gasteiger partial charge in [-0.1, -0.05) is 32.9 Å². The van der Waals surface area contributed by atoms with Crippen LogP contribution in [-0.4, -0.2) is 28.3 Å². The molecule has 2 rings (SSSR count). The van der Waals surface area contributed by atoms with Crippen LogP contribution in [-0.2, 0) is 23.8 Å². The van der Waals surface area contributed by atoms with E-state index in [4.69, 9.17) is 0 Å². The van der Waals surface area contributed by atoms with E-state index in [2.05, 4.69) is 22.6 Å². The molecule has 0 aromatic heterocycles. The molecule has 0 N–H and O–H groups in total. The summed E-state index contributed by atoms with van der Waals surface area (Å²) in [6.45, 7) is 6.99. The van der Waals surface area contributed by atoms with Gasteiger partial charge in [-0.2, -0.15) is 0 Å². The third-order valence-electron chi connectivity index (χ3n) is 4.62. The number of halogens is 1. The van der Waals surface area contributed by atoms with Gasteiger partial charge >= 0.3 is 0 Å². The lowest BCUT2D eigenvalue weighted by Gasteiger charge is -2.41. The fraction of sp³-hybridized carbons (Fsp3) is 0.600. The van der Waals surface area contributed by atoms with Gasteiger partial charge in [0.1, 0.15) is 0 Å². The molecule has 0 saturated carbocycles. The van der Waals surface area contributed by atoms with Gasteiger partial charge in [0.15, 0.2) is 23.8 Å². The van der Waals surface area contributed by atoms with Gasteiger partial charge in [-0.05, 0) is 58.5 Å². The van der Waals surface area contributed by atoms with Gasteiger partial charge in [-0.15, -0.1) is 0 Å². The zero-order chi connectivity index (χ0) is 17.0. The first-order chi connectivity index (χ1) is 9.81. The maximum atomic E-state index is 12.9. The van der Waals surface area contributed by atoms with Crippen LogP contribution in [0.15, 0.2) is 24.3 Å². The molecule has 1 saturated heterocycles. The van der Waals surface area contributed by atoms with Gasteiger partial charge in [0.05, 0.1) is 11.5 Å². The summed E-state index contributed by atoms with van der Waals surface area (Å²) in [4.78, 5) is 0. The molecule has 0 amide bonds. The van der Waals surface area contributed by atoms with E-state index in [-0.39, 0.29) is 22.8 Å². The SMILES string of the molecule is CC(C)(C)C1CS(=O)(=O)C(C)(c2ccc([125I])cc2)S(=O)(=O)C1. The minimum Gasteiger partial charge on any atom is -0.227 e. The lowest BCUT2D eigenvalue weighted by Crippen LogP contribution is -2.53. The summed E-state index contributed by atoms with van der Waals surface area (Å²) in [6.07, 6.45) is 0. The summed E-state index contributed by atoms with van der Waals surface area (Å²) in [5.41, 5.74) is -0.0339. The predicted molar refractivity (Wildman–Crippen MR) is 97.0 cm³/mol. The molecule has 7 heteroatoms. The van der Waals surface area contributed by atoms with E-state index in [1.807, 2.05) is 20.8 Å². The predicted octanol–water partition coefficient (Wildman–Crippen LogP) is 2.97. The van der Waals surface area contributed by atoms with Gasteiger partial charge in [0, 0.05) is 3.57 Å². The topological polar surface area (TPSA) is 68.3 Å². The molecule has 0 aliphatic carbocycles. The molecular weight excluding hydrogens is 433 g/mol. The first kappa shape index (κ1) is 18.2. The van der Waals surface area contributed by atoms with Gasteiger partial charge in [-0.3, -0.25) is 0 Å².